The summed E-state index contributed by atoms with van der Waals surface area (Å²) in [5.74, 6) is 1.53. The van der Waals surface area contributed by atoms with Gasteiger partial charge in [0.2, 0.25) is 5.91 Å². The van der Waals surface area contributed by atoms with Gasteiger partial charge in [-0.1, -0.05) is 5.16 Å². The van der Waals surface area contributed by atoms with Crippen molar-refractivity contribution in [3.8, 4) is 0 Å². The normalized spacial score (nSPS) is 11.1. The zero-order valence-corrected chi connectivity index (χ0v) is 12.9. The Morgan fingerprint density at radius 1 is 1.43 bits per heavy atom. The zero-order chi connectivity index (χ0) is 15.4. The summed E-state index contributed by atoms with van der Waals surface area (Å²) in [7, 11) is 0. The minimum absolute atomic E-state index is 0.0417. The van der Waals surface area contributed by atoms with Gasteiger partial charge in [-0.05, 0) is 27.7 Å². The van der Waals surface area contributed by atoms with E-state index in [0.29, 0.717) is 24.8 Å². The Kier molecular flexibility index (Phi) is 4.72. The van der Waals surface area contributed by atoms with E-state index in [4.69, 9.17) is 4.52 Å². The molecule has 2 aromatic heterocycles. The van der Waals surface area contributed by atoms with E-state index in [9.17, 15) is 4.79 Å². The number of rotatable bonds is 6. The van der Waals surface area contributed by atoms with Crippen LogP contribution in [0, 0.1) is 13.8 Å². The number of aryl methyl sites for hydroxylation is 2. The van der Waals surface area contributed by atoms with Gasteiger partial charge in [0.1, 0.15) is 17.9 Å². The lowest BCUT2D eigenvalue weighted by molar-refractivity contribution is -0.120. The minimum atomic E-state index is -0.0417. The van der Waals surface area contributed by atoms with Crippen LogP contribution in [-0.2, 0) is 17.6 Å². The fourth-order valence-electron chi connectivity index (χ4n) is 2.17. The van der Waals surface area contributed by atoms with Crippen molar-refractivity contribution >= 4 is 5.91 Å². The Morgan fingerprint density at radius 3 is 2.81 bits per heavy atom. The molecule has 1 N–H and O–H groups in total. The highest BCUT2D eigenvalue weighted by atomic mass is 16.5. The van der Waals surface area contributed by atoms with Crippen molar-refractivity contribution in [3.05, 3.63) is 29.2 Å². The van der Waals surface area contributed by atoms with Gasteiger partial charge in [0.05, 0.1) is 12.1 Å². The monoisotopic (exact) mass is 291 g/mol. The number of aromatic nitrogens is 4. The first-order valence-electron chi connectivity index (χ1n) is 7.06. The summed E-state index contributed by atoms with van der Waals surface area (Å²) in [6.07, 6.45) is 2.66. The Balaban J connectivity index is 1.83. The van der Waals surface area contributed by atoms with E-state index >= 15 is 0 Å². The number of hydrogen-bond acceptors (Lipinski definition) is 5. The van der Waals surface area contributed by atoms with Gasteiger partial charge >= 0.3 is 0 Å². The molecule has 2 heterocycles. The molecule has 21 heavy (non-hydrogen) atoms. The quantitative estimate of drug-likeness (QED) is 0.868. The molecule has 0 bridgehead atoms. The molecular weight excluding hydrogens is 270 g/mol. The number of hydrogen-bond donors (Lipinski definition) is 1. The molecule has 2 rings (SSSR count). The molecule has 2 aromatic rings. The van der Waals surface area contributed by atoms with Gasteiger partial charge in [-0.2, -0.15) is 0 Å². The number of carbonyl (C=O) groups is 1. The standard InChI is InChI=1S/C14H21N5O2/c1-9(2)19-8-16-17-13(19)5-6-15-14(20)7-12-10(3)18-21-11(12)4/h8-9H,5-7H2,1-4H3,(H,15,20). The van der Waals surface area contributed by atoms with E-state index < -0.39 is 0 Å². The van der Waals surface area contributed by atoms with Crippen molar-refractivity contribution < 1.29 is 9.32 Å². The van der Waals surface area contributed by atoms with Crippen LogP contribution in [0.1, 0.15) is 42.7 Å². The van der Waals surface area contributed by atoms with Crippen LogP contribution in [0.15, 0.2) is 10.9 Å². The van der Waals surface area contributed by atoms with Crippen LogP contribution in [0.2, 0.25) is 0 Å². The summed E-state index contributed by atoms with van der Waals surface area (Å²) >= 11 is 0. The Morgan fingerprint density at radius 2 is 2.19 bits per heavy atom. The molecule has 0 atom stereocenters. The molecule has 0 radical (unpaired) electrons. The summed E-state index contributed by atoms with van der Waals surface area (Å²) in [4.78, 5) is 11.9. The highest BCUT2D eigenvalue weighted by Crippen LogP contribution is 2.12. The maximum absolute atomic E-state index is 11.9. The van der Waals surface area contributed by atoms with E-state index in [1.165, 1.54) is 0 Å². The van der Waals surface area contributed by atoms with Gasteiger partial charge in [0.15, 0.2) is 0 Å². The molecule has 0 saturated heterocycles. The fourth-order valence-corrected chi connectivity index (χ4v) is 2.17. The van der Waals surface area contributed by atoms with E-state index in [2.05, 4.69) is 34.5 Å². The molecule has 0 aliphatic rings. The molecule has 0 aliphatic heterocycles. The summed E-state index contributed by atoms with van der Waals surface area (Å²) in [6.45, 7) is 8.33. The Hall–Kier alpha value is -2.18. The summed E-state index contributed by atoms with van der Waals surface area (Å²) in [6, 6.07) is 0.313. The summed E-state index contributed by atoms with van der Waals surface area (Å²) in [5, 5.41) is 14.7. The van der Waals surface area contributed by atoms with Gasteiger partial charge in [0, 0.05) is 24.6 Å². The average molecular weight is 291 g/mol. The van der Waals surface area contributed by atoms with Crippen LogP contribution in [-0.4, -0.2) is 32.4 Å². The lowest BCUT2D eigenvalue weighted by atomic mass is 10.1. The molecular formula is C14H21N5O2. The SMILES string of the molecule is Cc1noc(C)c1CC(=O)NCCc1nncn1C(C)C. The van der Waals surface area contributed by atoms with Gasteiger partial charge in [-0.25, -0.2) is 0 Å². The van der Waals surface area contributed by atoms with Crippen molar-refractivity contribution in [2.75, 3.05) is 6.54 Å². The highest BCUT2D eigenvalue weighted by Gasteiger charge is 2.13. The van der Waals surface area contributed by atoms with Crippen LogP contribution in [0.3, 0.4) is 0 Å². The first-order valence-corrected chi connectivity index (χ1v) is 7.06. The Bertz CT molecular complexity index is 595. The summed E-state index contributed by atoms with van der Waals surface area (Å²) < 4.78 is 7.05. The van der Waals surface area contributed by atoms with E-state index in [1.807, 2.05) is 18.4 Å². The maximum atomic E-state index is 11.9. The minimum Gasteiger partial charge on any atom is -0.361 e. The predicted octanol–water partition coefficient (Wildman–Crippen LogP) is 1.37. The fraction of sp³-hybridized carbons (Fsp3) is 0.571. The van der Waals surface area contributed by atoms with Crippen LogP contribution in [0.25, 0.3) is 0 Å². The van der Waals surface area contributed by atoms with E-state index in [-0.39, 0.29) is 12.3 Å². The van der Waals surface area contributed by atoms with Gasteiger partial charge in [-0.3, -0.25) is 4.79 Å². The lowest BCUT2D eigenvalue weighted by Gasteiger charge is -2.10. The van der Waals surface area contributed by atoms with Gasteiger partial charge in [-0.15, -0.1) is 10.2 Å². The van der Waals surface area contributed by atoms with Crippen LogP contribution in [0.5, 0.6) is 0 Å². The molecule has 0 aliphatic carbocycles. The van der Waals surface area contributed by atoms with Gasteiger partial charge < -0.3 is 14.4 Å². The number of carbonyl (C=O) groups excluding carboxylic acids is 1. The molecule has 0 spiro atoms. The summed E-state index contributed by atoms with van der Waals surface area (Å²) in [5.41, 5.74) is 1.63. The van der Waals surface area contributed by atoms with E-state index in [0.717, 1.165) is 17.1 Å². The zero-order valence-electron chi connectivity index (χ0n) is 12.9. The molecule has 7 nitrogen and oxygen atoms in total. The van der Waals surface area contributed by atoms with E-state index in [1.54, 1.807) is 6.33 Å². The topological polar surface area (TPSA) is 85.8 Å². The van der Waals surface area contributed by atoms with Gasteiger partial charge in [0.25, 0.3) is 0 Å². The Labute approximate surface area is 123 Å². The second kappa shape index (κ2) is 6.51. The first-order chi connectivity index (χ1) is 9.99. The second-order valence-electron chi connectivity index (χ2n) is 5.33. The molecule has 0 unspecified atom stereocenters. The first kappa shape index (κ1) is 15.2. The molecule has 7 heteroatoms. The number of amides is 1. The second-order valence-corrected chi connectivity index (χ2v) is 5.33. The van der Waals surface area contributed by atoms with Crippen LogP contribution >= 0.6 is 0 Å². The molecule has 0 aromatic carbocycles. The third-order valence-electron chi connectivity index (χ3n) is 3.39. The van der Waals surface area contributed by atoms with Crippen LogP contribution in [0.4, 0.5) is 0 Å². The largest absolute Gasteiger partial charge is 0.361 e. The van der Waals surface area contributed by atoms with Crippen LogP contribution < -0.4 is 5.32 Å². The van der Waals surface area contributed by atoms with Crippen molar-refractivity contribution in [2.24, 2.45) is 0 Å². The smallest absolute Gasteiger partial charge is 0.224 e. The molecule has 0 saturated carbocycles. The molecule has 114 valence electrons. The number of nitrogens with zero attached hydrogens (tertiary/aromatic N) is 4. The third-order valence-corrected chi connectivity index (χ3v) is 3.39. The lowest BCUT2D eigenvalue weighted by Crippen LogP contribution is -2.28. The highest BCUT2D eigenvalue weighted by molar-refractivity contribution is 5.78. The number of nitrogens with one attached hydrogen (secondary N) is 1. The molecule has 1 amide bonds. The van der Waals surface area contributed by atoms with Crippen molar-refractivity contribution in [1.82, 2.24) is 25.2 Å². The van der Waals surface area contributed by atoms with Crippen molar-refractivity contribution in [2.45, 2.75) is 46.6 Å². The predicted molar refractivity (Wildman–Crippen MR) is 76.8 cm³/mol. The molecule has 0 fully saturated rings. The maximum Gasteiger partial charge on any atom is 0.224 e. The van der Waals surface area contributed by atoms with Crippen molar-refractivity contribution in [3.63, 3.8) is 0 Å². The van der Waals surface area contributed by atoms with Crippen molar-refractivity contribution in [1.29, 1.82) is 0 Å². The average Bonchev–Trinajstić information content (AvgIpc) is 3.01. The third kappa shape index (κ3) is 3.68.